The number of imidazole rings is 1. The monoisotopic (exact) mass is 473 g/mol. The average molecular weight is 475 g/mol. The number of halogens is 2. The number of hydrogen-bond donors (Lipinski definition) is 0. The number of fused-ring (bicyclic) bond motifs is 1. The minimum Gasteiger partial charge on any atom is -0.296 e. The fourth-order valence-corrected chi connectivity index (χ4v) is 4.58. The van der Waals surface area contributed by atoms with Gasteiger partial charge in [0.15, 0.2) is 5.65 Å². The second-order valence-electron chi connectivity index (χ2n) is 7.02. The predicted molar refractivity (Wildman–Crippen MR) is 125 cm³/mol. The van der Waals surface area contributed by atoms with Gasteiger partial charge in [0.1, 0.15) is 11.1 Å². The summed E-state index contributed by atoms with van der Waals surface area (Å²) in [5.74, 6) is 0. The topological polar surface area (TPSA) is 30.7 Å². The van der Waals surface area contributed by atoms with Gasteiger partial charge in [-0.15, -0.1) is 0 Å². The summed E-state index contributed by atoms with van der Waals surface area (Å²) in [7, 11) is 0. The summed E-state index contributed by atoms with van der Waals surface area (Å²) in [5.41, 5.74) is 4.06. The molecular formula is C25H17BrClN3. The van der Waals surface area contributed by atoms with Crippen molar-refractivity contribution in [3.8, 4) is 0 Å². The number of aromatic nitrogens is 3. The van der Waals surface area contributed by atoms with E-state index in [9.17, 15) is 0 Å². The lowest BCUT2D eigenvalue weighted by Gasteiger charge is -2.37. The van der Waals surface area contributed by atoms with Crippen LogP contribution in [0.4, 0.5) is 0 Å². The molecule has 0 aliphatic rings. The maximum Gasteiger partial charge on any atom is 0.162 e. The van der Waals surface area contributed by atoms with Crippen molar-refractivity contribution in [1.82, 2.24) is 14.5 Å². The van der Waals surface area contributed by atoms with E-state index in [0.29, 0.717) is 10.5 Å². The first kappa shape index (κ1) is 19.0. The van der Waals surface area contributed by atoms with E-state index in [2.05, 4.69) is 98.3 Å². The first-order valence-electron chi connectivity index (χ1n) is 9.57. The summed E-state index contributed by atoms with van der Waals surface area (Å²) < 4.78 is 2.85. The van der Waals surface area contributed by atoms with Gasteiger partial charge in [-0.1, -0.05) is 103 Å². The molecule has 3 nitrogen and oxygen atoms in total. The number of hydrogen-bond acceptors (Lipinski definition) is 2. The lowest BCUT2D eigenvalue weighted by atomic mass is 9.76. The molecule has 0 bridgehead atoms. The molecule has 0 amide bonds. The Balaban J connectivity index is 1.97. The third-order valence-electron chi connectivity index (χ3n) is 5.40. The lowest BCUT2D eigenvalue weighted by molar-refractivity contribution is 0.526. The third-order valence-corrected chi connectivity index (χ3v) is 6.61. The van der Waals surface area contributed by atoms with Crippen LogP contribution in [0.5, 0.6) is 0 Å². The molecule has 2 aromatic heterocycles. The molecule has 5 aromatic rings. The van der Waals surface area contributed by atoms with E-state index in [1.165, 1.54) is 0 Å². The van der Waals surface area contributed by atoms with Gasteiger partial charge in [0, 0.05) is 6.20 Å². The van der Waals surface area contributed by atoms with Crippen molar-refractivity contribution in [2.75, 3.05) is 0 Å². The van der Waals surface area contributed by atoms with Crippen LogP contribution in [0.2, 0.25) is 5.02 Å². The SMILES string of the molecule is Clc1c(Br)cnc2c1ncn2C(c1ccccc1)(c1ccccc1)c1ccccc1. The van der Waals surface area contributed by atoms with Crippen molar-refractivity contribution < 1.29 is 0 Å². The molecule has 0 spiro atoms. The highest BCUT2D eigenvalue weighted by molar-refractivity contribution is 9.10. The Hall–Kier alpha value is -2.95. The Kier molecular flexibility index (Phi) is 4.89. The normalized spacial score (nSPS) is 11.7. The minimum atomic E-state index is -0.664. The second-order valence-corrected chi connectivity index (χ2v) is 8.25. The van der Waals surface area contributed by atoms with E-state index >= 15 is 0 Å². The fourth-order valence-electron chi connectivity index (χ4n) is 4.11. The maximum absolute atomic E-state index is 6.56. The van der Waals surface area contributed by atoms with Crippen LogP contribution in [0.15, 0.2) is 108 Å². The van der Waals surface area contributed by atoms with Gasteiger partial charge in [-0.05, 0) is 32.6 Å². The number of benzene rings is 3. The zero-order valence-electron chi connectivity index (χ0n) is 15.9. The van der Waals surface area contributed by atoms with Crippen molar-refractivity contribution in [3.05, 3.63) is 130 Å². The van der Waals surface area contributed by atoms with Crippen molar-refractivity contribution in [1.29, 1.82) is 0 Å². The molecule has 146 valence electrons. The van der Waals surface area contributed by atoms with Crippen molar-refractivity contribution in [2.24, 2.45) is 0 Å². The third kappa shape index (κ3) is 2.87. The van der Waals surface area contributed by atoms with Crippen LogP contribution in [0.1, 0.15) is 16.7 Å². The molecule has 0 atom stereocenters. The quantitative estimate of drug-likeness (QED) is 0.272. The van der Waals surface area contributed by atoms with Crippen LogP contribution >= 0.6 is 27.5 Å². The molecule has 0 radical (unpaired) electrons. The Morgan fingerprint density at radius 1 is 0.700 bits per heavy atom. The van der Waals surface area contributed by atoms with E-state index < -0.39 is 5.54 Å². The van der Waals surface area contributed by atoms with E-state index in [4.69, 9.17) is 16.6 Å². The number of pyridine rings is 1. The molecule has 30 heavy (non-hydrogen) atoms. The molecule has 3 aromatic carbocycles. The number of nitrogens with zero attached hydrogens (tertiary/aromatic N) is 3. The molecule has 0 aliphatic carbocycles. The van der Waals surface area contributed by atoms with Crippen LogP contribution in [-0.4, -0.2) is 14.5 Å². The molecule has 0 saturated heterocycles. The largest absolute Gasteiger partial charge is 0.296 e. The van der Waals surface area contributed by atoms with Gasteiger partial charge in [-0.3, -0.25) is 4.57 Å². The summed E-state index contributed by atoms with van der Waals surface area (Å²) in [6.45, 7) is 0. The van der Waals surface area contributed by atoms with E-state index in [1.54, 1.807) is 6.20 Å². The summed E-state index contributed by atoms with van der Waals surface area (Å²) in [5, 5.41) is 0.557. The molecule has 2 heterocycles. The summed E-state index contributed by atoms with van der Waals surface area (Å²) in [4.78, 5) is 9.37. The first-order chi connectivity index (χ1) is 14.7. The van der Waals surface area contributed by atoms with Gasteiger partial charge < -0.3 is 0 Å². The van der Waals surface area contributed by atoms with E-state index in [1.807, 2.05) is 24.5 Å². The van der Waals surface area contributed by atoms with Crippen molar-refractivity contribution in [2.45, 2.75) is 5.54 Å². The molecule has 0 N–H and O–H groups in total. The van der Waals surface area contributed by atoms with Gasteiger partial charge in [-0.2, -0.15) is 0 Å². The molecule has 0 aliphatic heterocycles. The molecule has 5 heteroatoms. The summed E-state index contributed by atoms with van der Waals surface area (Å²) >= 11 is 10.0. The highest BCUT2D eigenvalue weighted by Gasteiger charge is 2.39. The Morgan fingerprint density at radius 2 is 1.17 bits per heavy atom. The lowest BCUT2D eigenvalue weighted by Crippen LogP contribution is -2.37. The van der Waals surface area contributed by atoms with Gasteiger partial charge in [0.05, 0.1) is 15.8 Å². The fraction of sp³-hybridized carbons (Fsp3) is 0.0400. The van der Waals surface area contributed by atoms with Gasteiger partial charge >= 0.3 is 0 Å². The zero-order chi connectivity index (χ0) is 20.6. The van der Waals surface area contributed by atoms with E-state index in [0.717, 1.165) is 26.8 Å². The predicted octanol–water partition coefficient (Wildman–Crippen LogP) is 6.69. The van der Waals surface area contributed by atoms with Crippen LogP contribution in [0.25, 0.3) is 11.2 Å². The molecule has 0 saturated carbocycles. The number of rotatable bonds is 4. The standard InChI is InChI=1S/C25H17BrClN3/c26-21-16-28-24-23(22(21)27)29-17-30(24)25(18-10-4-1-5-11-18,19-12-6-2-7-13-19)20-14-8-3-9-15-20/h1-17H. The molecule has 0 fully saturated rings. The summed E-state index contributed by atoms with van der Waals surface area (Å²) in [6.07, 6.45) is 3.57. The highest BCUT2D eigenvalue weighted by Crippen LogP contribution is 2.43. The highest BCUT2D eigenvalue weighted by atomic mass is 79.9. The van der Waals surface area contributed by atoms with Crippen LogP contribution in [0, 0.1) is 0 Å². The van der Waals surface area contributed by atoms with Gasteiger partial charge in [0.2, 0.25) is 0 Å². The van der Waals surface area contributed by atoms with Crippen LogP contribution in [-0.2, 0) is 5.54 Å². The first-order valence-corrected chi connectivity index (χ1v) is 10.7. The van der Waals surface area contributed by atoms with Gasteiger partial charge in [0.25, 0.3) is 0 Å². The maximum atomic E-state index is 6.56. The minimum absolute atomic E-state index is 0.557. The van der Waals surface area contributed by atoms with Gasteiger partial charge in [-0.25, -0.2) is 9.97 Å². The van der Waals surface area contributed by atoms with Crippen molar-refractivity contribution >= 4 is 38.7 Å². The smallest absolute Gasteiger partial charge is 0.162 e. The van der Waals surface area contributed by atoms with Crippen LogP contribution in [0.3, 0.4) is 0 Å². The Morgan fingerprint density at radius 3 is 1.63 bits per heavy atom. The summed E-state index contributed by atoms with van der Waals surface area (Å²) in [6, 6.07) is 31.3. The zero-order valence-corrected chi connectivity index (χ0v) is 18.3. The second kappa shape index (κ2) is 7.71. The van der Waals surface area contributed by atoms with Crippen LogP contribution < -0.4 is 0 Å². The molecule has 5 rings (SSSR count). The molecule has 0 unspecified atom stereocenters. The molecular weight excluding hydrogens is 458 g/mol. The van der Waals surface area contributed by atoms with Crippen molar-refractivity contribution in [3.63, 3.8) is 0 Å². The average Bonchev–Trinajstić information content (AvgIpc) is 3.24. The Labute approximate surface area is 188 Å². The Bertz CT molecular complexity index is 1210. The van der Waals surface area contributed by atoms with E-state index in [-0.39, 0.29) is 0 Å².